The van der Waals surface area contributed by atoms with Crippen molar-refractivity contribution in [1.29, 1.82) is 5.41 Å². The average molecular weight is 511 g/mol. The topological polar surface area (TPSA) is 51.5 Å². The van der Waals surface area contributed by atoms with E-state index in [0.29, 0.717) is 0 Å². The predicted octanol–water partition coefficient (Wildman–Crippen LogP) is 7.77. The summed E-state index contributed by atoms with van der Waals surface area (Å²) in [5.41, 5.74) is 7.67. The number of rotatable bonds is 8. The summed E-state index contributed by atoms with van der Waals surface area (Å²) in [7, 11) is 0. The quantitative estimate of drug-likeness (QED) is 0.277. The second-order valence-electron chi connectivity index (χ2n) is 11.9. The van der Waals surface area contributed by atoms with E-state index in [1.807, 2.05) is 37.3 Å². The van der Waals surface area contributed by atoms with E-state index in [0.717, 1.165) is 42.2 Å². The fourth-order valence-electron chi connectivity index (χ4n) is 5.85. The molecule has 1 aromatic carbocycles. The number of likely N-dealkylation sites (tertiary alicyclic amines) is 1. The number of amidine groups is 1. The molecule has 1 saturated heterocycles. The second kappa shape index (κ2) is 11.4. The third kappa shape index (κ3) is 6.02. The molecular weight excluding hydrogens is 464 g/mol. The first-order chi connectivity index (χ1) is 18.1. The van der Waals surface area contributed by atoms with E-state index in [1.54, 1.807) is 0 Å². The lowest BCUT2D eigenvalue weighted by molar-refractivity contribution is 0.0125. The second-order valence-corrected chi connectivity index (χ2v) is 11.9. The molecule has 2 fully saturated rings. The van der Waals surface area contributed by atoms with Gasteiger partial charge in [0.1, 0.15) is 0 Å². The van der Waals surface area contributed by atoms with Gasteiger partial charge in [0.25, 0.3) is 0 Å². The molecule has 1 saturated carbocycles. The normalized spacial score (nSPS) is 26.4. The Morgan fingerprint density at radius 2 is 1.95 bits per heavy atom. The highest BCUT2D eigenvalue weighted by molar-refractivity contribution is 6.07. The van der Waals surface area contributed by atoms with E-state index in [4.69, 9.17) is 12.0 Å². The van der Waals surface area contributed by atoms with Crippen LogP contribution in [-0.2, 0) is 0 Å². The van der Waals surface area contributed by atoms with Crippen LogP contribution in [0, 0.1) is 11.3 Å². The zero-order valence-electron chi connectivity index (χ0n) is 24.2. The van der Waals surface area contributed by atoms with Gasteiger partial charge in [0, 0.05) is 30.1 Å². The Morgan fingerprint density at radius 1 is 1.24 bits per heavy atom. The zero-order chi connectivity index (χ0) is 27.5. The average Bonchev–Trinajstić information content (AvgIpc) is 3.70. The van der Waals surface area contributed by atoms with E-state index < -0.39 is 5.54 Å². The molecule has 1 unspecified atom stereocenters. The third-order valence-electron chi connectivity index (χ3n) is 8.79. The number of benzene rings is 1. The molecule has 4 nitrogen and oxygen atoms in total. The Balaban J connectivity index is 1.58. The maximum atomic E-state index is 8.47. The lowest BCUT2D eigenvalue weighted by Crippen LogP contribution is -2.61. The molecular formula is C34H46N4. The molecule has 2 N–H and O–H groups in total. The lowest BCUT2D eigenvalue weighted by Gasteiger charge is -2.56. The first kappa shape index (κ1) is 28.0. The van der Waals surface area contributed by atoms with Crippen molar-refractivity contribution in [3.63, 3.8) is 0 Å². The molecule has 0 amide bonds. The van der Waals surface area contributed by atoms with E-state index in [-0.39, 0.29) is 11.4 Å². The summed E-state index contributed by atoms with van der Waals surface area (Å²) < 4.78 is 0. The van der Waals surface area contributed by atoms with Crippen molar-refractivity contribution < 1.29 is 0 Å². The minimum Gasteiger partial charge on any atom is -0.375 e. The Bertz CT molecular complexity index is 1210. The molecule has 38 heavy (non-hydrogen) atoms. The maximum absolute atomic E-state index is 8.47. The van der Waals surface area contributed by atoms with Gasteiger partial charge in [-0.05, 0) is 95.8 Å². The summed E-state index contributed by atoms with van der Waals surface area (Å²) in [6.07, 6.45) is 13.4. The summed E-state index contributed by atoms with van der Waals surface area (Å²) >= 11 is 0. The van der Waals surface area contributed by atoms with Gasteiger partial charge in [-0.3, -0.25) is 10.3 Å². The molecule has 4 heteroatoms. The first-order valence-corrected chi connectivity index (χ1v) is 14.2. The fraction of sp³-hybridized carbons (Fsp3) is 0.471. The van der Waals surface area contributed by atoms with Crippen molar-refractivity contribution in [1.82, 2.24) is 10.2 Å². The molecule has 1 spiro atoms. The van der Waals surface area contributed by atoms with Crippen LogP contribution < -0.4 is 5.32 Å². The molecule has 202 valence electrons. The van der Waals surface area contributed by atoms with Crippen molar-refractivity contribution in [2.24, 2.45) is 10.9 Å². The van der Waals surface area contributed by atoms with Crippen LogP contribution in [0.3, 0.4) is 0 Å². The van der Waals surface area contributed by atoms with Gasteiger partial charge in [-0.1, -0.05) is 67.3 Å². The minimum absolute atomic E-state index is 0.0314. The fourth-order valence-corrected chi connectivity index (χ4v) is 5.85. The summed E-state index contributed by atoms with van der Waals surface area (Å²) in [5.74, 6) is 1.15. The van der Waals surface area contributed by atoms with Crippen LogP contribution in [-0.4, -0.2) is 40.6 Å². The van der Waals surface area contributed by atoms with Crippen LogP contribution >= 0.6 is 0 Å². The summed E-state index contributed by atoms with van der Waals surface area (Å²) in [4.78, 5) is 7.38. The number of aliphatic imine (C=N–C) groups is 1. The van der Waals surface area contributed by atoms with Crippen molar-refractivity contribution in [2.45, 2.75) is 84.2 Å². The Kier molecular flexibility index (Phi) is 8.42. The zero-order valence-corrected chi connectivity index (χ0v) is 24.2. The van der Waals surface area contributed by atoms with Gasteiger partial charge in [-0.25, -0.2) is 4.99 Å². The highest BCUT2D eigenvalue weighted by Crippen LogP contribution is 2.49. The Morgan fingerprint density at radius 3 is 2.55 bits per heavy atom. The van der Waals surface area contributed by atoms with E-state index >= 15 is 0 Å². The van der Waals surface area contributed by atoms with Crippen LogP contribution in [0.1, 0.15) is 78.7 Å². The summed E-state index contributed by atoms with van der Waals surface area (Å²) in [6, 6.07) is 9.70. The Hall–Kier alpha value is -2.98. The molecule has 0 radical (unpaired) electrons. The monoisotopic (exact) mass is 510 g/mol. The standard InChI is InChI=1S/C34H46N4/c1-8-9-13-29-18-19-31(24(2)22-34(25(29)3)20-21-38(34)23-28-16-17-28)26(4)37-33(6,7)27(5)36-32(35)30-14-11-10-12-15-30/h8-15,28,35,37H,3-4,16-23H2,1-2,5-7H3/b9-8-,29-13-,31-24+,35-32?,36-27+. The van der Waals surface area contributed by atoms with Crippen molar-refractivity contribution in [3.8, 4) is 0 Å². The maximum Gasteiger partial charge on any atom is 0.151 e. The van der Waals surface area contributed by atoms with E-state index in [1.165, 1.54) is 54.6 Å². The molecule has 2 aliphatic carbocycles. The van der Waals surface area contributed by atoms with Crippen molar-refractivity contribution in [3.05, 3.63) is 95.3 Å². The van der Waals surface area contributed by atoms with Crippen LogP contribution in [0.15, 0.2) is 94.7 Å². The minimum atomic E-state index is -0.437. The molecule has 0 aromatic heterocycles. The Labute approximate surface area is 230 Å². The van der Waals surface area contributed by atoms with Gasteiger partial charge in [-0.15, -0.1) is 0 Å². The van der Waals surface area contributed by atoms with Crippen LogP contribution in [0.2, 0.25) is 0 Å². The lowest BCUT2D eigenvalue weighted by atomic mass is 9.68. The van der Waals surface area contributed by atoms with Gasteiger partial charge in [0.15, 0.2) is 5.84 Å². The van der Waals surface area contributed by atoms with E-state index in [2.05, 4.69) is 67.7 Å². The number of hydrogen-bond donors (Lipinski definition) is 2. The number of hydrogen-bond acceptors (Lipinski definition) is 3. The smallest absolute Gasteiger partial charge is 0.151 e. The molecule has 1 atom stereocenters. The number of allylic oxidation sites excluding steroid dienone is 4. The molecule has 1 aliphatic heterocycles. The van der Waals surface area contributed by atoms with Crippen LogP contribution in [0.4, 0.5) is 0 Å². The predicted molar refractivity (Wildman–Crippen MR) is 163 cm³/mol. The first-order valence-electron chi connectivity index (χ1n) is 14.2. The van der Waals surface area contributed by atoms with Crippen molar-refractivity contribution >= 4 is 11.5 Å². The molecule has 3 aliphatic rings. The third-order valence-corrected chi connectivity index (χ3v) is 8.79. The van der Waals surface area contributed by atoms with Crippen LogP contribution in [0.25, 0.3) is 0 Å². The highest BCUT2D eigenvalue weighted by Gasteiger charge is 2.49. The number of nitrogens with one attached hydrogen (secondary N) is 2. The SMILES string of the molecule is C=C(NC(C)(C)/C(C)=N/C(=N)c1ccccc1)/C1=C(\C)CC2(CCN2CC2CC2)C(=C)/C(=C\C=C/C)CC1. The van der Waals surface area contributed by atoms with E-state index in [9.17, 15) is 0 Å². The number of nitrogens with zero attached hydrogens (tertiary/aromatic N) is 2. The van der Waals surface area contributed by atoms with Gasteiger partial charge < -0.3 is 5.32 Å². The van der Waals surface area contributed by atoms with Gasteiger partial charge >= 0.3 is 0 Å². The van der Waals surface area contributed by atoms with Crippen LogP contribution in [0.5, 0.6) is 0 Å². The summed E-state index contributed by atoms with van der Waals surface area (Å²) in [5, 5.41) is 12.2. The molecule has 1 aromatic rings. The van der Waals surface area contributed by atoms with Crippen molar-refractivity contribution in [2.75, 3.05) is 13.1 Å². The summed E-state index contributed by atoms with van der Waals surface area (Å²) in [6.45, 7) is 22.2. The van der Waals surface area contributed by atoms with Gasteiger partial charge in [0.2, 0.25) is 0 Å². The largest absolute Gasteiger partial charge is 0.375 e. The molecule has 1 heterocycles. The molecule has 4 rings (SSSR count). The van der Waals surface area contributed by atoms with Gasteiger partial charge in [-0.2, -0.15) is 0 Å². The van der Waals surface area contributed by atoms with Gasteiger partial charge in [0.05, 0.1) is 11.1 Å². The highest BCUT2D eigenvalue weighted by atomic mass is 15.3. The molecule has 0 bridgehead atoms.